The Morgan fingerprint density at radius 2 is 2.04 bits per heavy atom. The van der Waals surface area contributed by atoms with Crippen LogP contribution in [0, 0.1) is 5.82 Å². The summed E-state index contributed by atoms with van der Waals surface area (Å²) in [5, 5.41) is 14.5. The Kier molecular flexibility index (Phi) is 4.29. The Hall–Kier alpha value is -2.21. The Morgan fingerprint density at radius 3 is 2.80 bits per heavy atom. The SMILES string of the molecule is O=C(c1ccn(C2CCCC2)n1)N1C[C@H](O)C[C@H]1c1cccc(F)c1. The summed E-state index contributed by atoms with van der Waals surface area (Å²) < 4.78 is 15.5. The van der Waals surface area contributed by atoms with E-state index in [9.17, 15) is 14.3 Å². The Labute approximate surface area is 146 Å². The summed E-state index contributed by atoms with van der Waals surface area (Å²) in [6.45, 7) is 0.246. The van der Waals surface area contributed by atoms with Crippen LogP contribution in [0.25, 0.3) is 0 Å². The first-order chi connectivity index (χ1) is 12.1. The molecule has 2 heterocycles. The largest absolute Gasteiger partial charge is 0.391 e. The number of carbonyl (C=O) groups excluding carboxylic acids is 1. The van der Waals surface area contributed by atoms with Crippen molar-refractivity contribution in [1.82, 2.24) is 14.7 Å². The number of nitrogens with zero attached hydrogens (tertiary/aromatic N) is 3. The van der Waals surface area contributed by atoms with Gasteiger partial charge in [-0.25, -0.2) is 4.39 Å². The van der Waals surface area contributed by atoms with Crippen LogP contribution in [0.2, 0.25) is 0 Å². The van der Waals surface area contributed by atoms with E-state index in [1.807, 2.05) is 10.9 Å². The second kappa shape index (κ2) is 6.59. The third-order valence-electron chi connectivity index (χ3n) is 5.30. The molecule has 2 aliphatic rings. The van der Waals surface area contributed by atoms with Gasteiger partial charge in [-0.05, 0) is 43.0 Å². The zero-order chi connectivity index (χ0) is 17.4. The van der Waals surface area contributed by atoms with Gasteiger partial charge in [-0.3, -0.25) is 9.48 Å². The van der Waals surface area contributed by atoms with Gasteiger partial charge < -0.3 is 10.0 Å². The molecule has 2 atom stereocenters. The van der Waals surface area contributed by atoms with Crippen LogP contribution in [0.5, 0.6) is 0 Å². The molecule has 5 nitrogen and oxygen atoms in total. The fourth-order valence-corrected chi connectivity index (χ4v) is 4.04. The van der Waals surface area contributed by atoms with Gasteiger partial charge in [0.25, 0.3) is 5.91 Å². The molecule has 0 bridgehead atoms. The van der Waals surface area contributed by atoms with Crippen LogP contribution < -0.4 is 0 Å². The molecule has 1 aliphatic carbocycles. The highest BCUT2D eigenvalue weighted by Gasteiger charge is 2.36. The summed E-state index contributed by atoms with van der Waals surface area (Å²) >= 11 is 0. The second-order valence-corrected chi connectivity index (χ2v) is 7.04. The first-order valence-corrected chi connectivity index (χ1v) is 8.91. The van der Waals surface area contributed by atoms with E-state index in [0.717, 1.165) is 12.8 Å². The summed E-state index contributed by atoms with van der Waals surface area (Å²) in [6.07, 6.45) is 6.29. The number of hydrogen-bond acceptors (Lipinski definition) is 3. The number of halogens is 1. The molecule has 132 valence electrons. The lowest BCUT2D eigenvalue weighted by molar-refractivity contribution is 0.0708. The van der Waals surface area contributed by atoms with E-state index in [2.05, 4.69) is 5.10 Å². The molecule has 1 aromatic heterocycles. The van der Waals surface area contributed by atoms with E-state index in [0.29, 0.717) is 23.7 Å². The molecule has 25 heavy (non-hydrogen) atoms. The van der Waals surface area contributed by atoms with Crippen LogP contribution in [0.4, 0.5) is 4.39 Å². The van der Waals surface area contributed by atoms with Crippen molar-refractivity contribution in [2.75, 3.05) is 6.54 Å². The number of β-amino-alcohol motifs (C(OH)–C–C–N with tert-alkyl or cyclic N) is 1. The number of carbonyl (C=O) groups is 1. The van der Waals surface area contributed by atoms with Crippen LogP contribution >= 0.6 is 0 Å². The van der Waals surface area contributed by atoms with Crippen molar-refractivity contribution < 1.29 is 14.3 Å². The second-order valence-electron chi connectivity index (χ2n) is 7.04. The normalized spacial score (nSPS) is 24.2. The lowest BCUT2D eigenvalue weighted by Gasteiger charge is -2.24. The van der Waals surface area contributed by atoms with Gasteiger partial charge in [0.2, 0.25) is 0 Å². The number of aliphatic hydroxyl groups excluding tert-OH is 1. The third kappa shape index (κ3) is 3.18. The summed E-state index contributed by atoms with van der Waals surface area (Å²) in [4.78, 5) is 14.5. The predicted octanol–water partition coefficient (Wildman–Crippen LogP) is 3.09. The average molecular weight is 343 g/mol. The lowest BCUT2D eigenvalue weighted by Crippen LogP contribution is -2.32. The molecule has 0 unspecified atom stereocenters. The van der Waals surface area contributed by atoms with Gasteiger partial charge in [-0.15, -0.1) is 0 Å². The van der Waals surface area contributed by atoms with Crippen LogP contribution in [-0.2, 0) is 0 Å². The van der Waals surface area contributed by atoms with Gasteiger partial charge in [0.05, 0.1) is 18.2 Å². The van der Waals surface area contributed by atoms with E-state index < -0.39 is 6.10 Å². The van der Waals surface area contributed by atoms with E-state index in [4.69, 9.17) is 0 Å². The molecule has 1 saturated carbocycles. The van der Waals surface area contributed by atoms with Crippen LogP contribution in [0.1, 0.15) is 60.2 Å². The molecule has 2 aromatic rings. The number of rotatable bonds is 3. The van der Waals surface area contributed by atoms with E-state index in [1.54, 1.807) is 23.1 Å². The van der Waals surface area contributed by atoms with Gasteiger partial charge in [0, 0.05) is 12.7 Å². The number of hydrogen-bond donors (Lipinski definition) is 1. The quantitative estimate of drug-likeness (QED) is 0.932. The molecule has 1 amide bonds. The Morgan fingerprint density at radius 1 is 1.24 bits per heavy atom. The monoisotopic (exact) mass is 343 g/mol. The molecule has 0 spiro atoms. The highest BCUT2D eigenvalue weighted by atomic mass is 19.1. The lowest BCUT2D eigenvalue weighted by atomic mass is 10.0. The summed E-state index contributed by atoms with van der Waals surface area (Å²) in [7, 11) is 0. The van der Waals surface area contributed by atoms with Crippen LogP contribution in [0.15, 0.2) is 36.5 Å². The van der Waals surface area contributed by atoms with Crippen molar-refractivity contribution in [3.05, 3.63) is 53.6 Å². The molecule has 1 aromatic carbocycles. The molecule has 1 aliphatic heterocycles. The van der Waals surface area contributed by atoms with Crippen molar-refractivity contribution >= 4 is 5.91 Å². The van der Waals surface area contributed by atoms with Gasteiger partial charge in [-0.2, -0.15) is 5.10 Å². The number of aliphatic hydroxyl groups is 1. The van der Waals surface area contributed by atoms with Crippen molar-refractivity contribution in [3.63, 3.8) is 0 Å². The predicted molar refractivity (Wildman–Crippen MR) is 90.5 cm³/mol. The minimum absolute atomic E-state index is 0.206. The molecule has 0 radical (unpaired) electrons. The fraction of sp³-hybridized carbons (Fsp3) is 0.474. The molecular weight excluding hydrogens is 321 g/mol. The summed E-state index contributed by atoms with van der Waals surface area (Å²) in [5.74, 6) is -0.542. The topological polar surface area (TPSA) is 58.4 Å². The molecule has 2 fully saturated rings. The zero-order valence-electron chi connectivity index (χ0n) is 14.0. The van der Waals surface area contributed by atoms with E-state index >= 15 is 0 Å². The minimum Gasteiger partial charge on any atom is -0.391 e. The number of amides is 1. The maximum atomic E-state index is 13.6. The van der Waals surface area contributed by atoms with Gasteiger partial charge >= 0.3 is 0 Å². The standard InChI is InChI=1S/C19H22FN3O2/c20-14-5-3-4-13(10-14)18-11-16(24)12-22(18)19(25)17-8-9-23(21-17)15-6-1-2-7-15/h3-5,8-10,15-16,18,24H,1-2,6-7,11-12H2/t16-,18+/m1/s1. The molecule has 1 N–H and O–H groups in total. The van der Waals surface area contributed by atoms with E-state index in [-0.39, 0.29) is 24.3 Å². The van der Waals surface area contributed by atoms with Crippen molar-refractivity contribution in [1.29, 1.82) is 0 Å². The average Bonchev–Trinajstić information content (AvgIpc) is 3.34. The summed E-state index contributed by atoms with van der Waals surface area (Å²) in [6, 6.07) is 8.04. The maximum Gasteiger partial charge on any atom is 0.274 e. The van der Waals surface area contributed by atoms with Crippen molar-refractivity contribution in [3.8, 4) is 0 Å². The first-order valence-electron chi connectivity index (χ1n) is 8.91. The Bertz CT molecular complexity index is 770. The van der Waals surface area contributed by atoms with E-state index in [1.165, 1.54) is 25.0 Å². The third-order valence-corrected chi connectivity index (χ3v) is 5.30. The highest BCUT2D eigenvalue weighted by Crippen LogP contribution is 2.34. The number of benzene rings is 1. The van der Waals surface area contributed by atoms with Gasteiger partial charge in [0.15, 0.2) is 0 Å². The van der Waals surface area contributed by atoms with Crippen LogP contribution in [0.3, 0.4) is 0 Å². The molecular formula is C19H22FN3O2. The zero-order valence-corrected chi connectivity index (χ0v) is 14.0. The molecule has 1 saturated heterocycles. The number of likely N-dealkylation sites (tertiary alicyclic amines) is 1. The smallest absolute Gasteiger partial charge is 0.274 e. The molecule has 6 heteroatoms. The summed E-state index contributed by atoms with van der Waals surface area (Å²) in [5.41, 5.74) is 1.10. The number of aromatic nitrogens is 2. The first kappa shape index (κ1) is 16.3. The van der Waals surface area contributed by atoms with Gasteiger partial charge in [-0.1, -0.05) is 25.0 Å². The van der Waals surface area contributed by atoms with Gasteiger partial charge in [0.1, 0.15) is 11.5 Å². The highest BCUT2D eigenvalue weighted by molar-refractivity contribution is 5.92. The Balaban J connectivity index is 1.57. The van der Waals surface area contributed by atoms with Crippen LogP contribution in [-0.4, -0.2) is 38.3 Å². The minimum atomic E-state index is -0.603. The fourth-order valence-electron chi connectivity index (χ4n) is 4.04. The van der Waals surface area contributed by atoms with Crippen molar-refractivity contribution in [2.24, 2.45) is 0 Å². The molecule has 4 rings (SSSR count). The van der Waals surface area contributed by atoms with Crippen molar-refractivity contribution in [2.45, 2.75) is 50.3 Å². The maximum absolute atomic E-state index is 13.6.